The van der Waals surface area contributed by atoms with Gasteiger partial charge in [0.25, 0.3) is 0 Å². The van der Waals surface area contributed by atoms with Crippen LogP contribution < -0.4 is 16.0 Å². The predicted molar refractivity (Wildman–Crippen MR) is 62.9 cm³/mol. The maximum absolute atomic E-state index is 5.38. The van der Waals surface area contributed by atoms with E-state index in [1.165, 1.54) is 5.70 Å². The van der Waals surface area contributed by atoms with Gasteiger partial charge in [0.1, 0.15) is 0 Å². The molecule has 1 saturated heterocycles. The first-order valence-corrected chi connectivity index (χ1v) is 5.75. The third-order valence-electron chi connectivity index (χ3n) is 2.48. The molecular weight excluding hydrogens is 190 g/mol. The number of hydrogen-bond acceptors (Lipinski definition) is 4. The summed E-state index contributed by atoms with van der Waals surface area (Å²) >= 11 is 0. The first-order chi connectivity index (χ1) is 7.36. The Labute approximate surface area is 92.5 Å². The summed E-state index contributed by atoms with van der Waals surface area (Å²) in [5.74, 6) is 0. The van der Waals surface area contributed by atoms with E-state index >= 15 is 0 Å². The Kier molecular flexibility index (Phi) is 6.39. The van der Waals surface area contributed by atoms with E-state index < -0.39 is 0 Å². The fraction of sp³-hybridized carbons (Fsp3) is 0.818. The van der Waals surface area contributed by atoms with Crippen molar-refractivity contribution in [3.05, 3.63) is 11.8 Å². The molecule has 0 aliphatic carbocycles. The number of ether oxygens (including phenoxy) is 1. The van der Waals surface area contributed by atoms with Gasteiger partial charge in [0.15, 0.2) is 0 Å². The summed E-state index contributed by atoms with van der Waals surface area (Å²) in [6, 6.07) is 0.457. The van der Waals surface area contributed by atoms with Crippen LogP contribution in [0, 0.1) is 0 Å². The highest BCUT2D eigenvalue weighted by Gasteiger charge is 2.11. The lowest BCUT2D eigenvalue weighted by Gasteiger charge is -2.24. The zero-order valence-electron chi connectivity index (χ0n) is 9.81. The van der Waals surface area contributed by atoms with E-state index in [2.05, 4.69) is 29.0 Å². The van der Waals surface area contributed by atoms with Crippen molar-refractivity contribution in [3.63, 3.8) is 0 Å². The number of nitrogens with one attached hydrogen (secondary N) is 3. The standard InChI is InChI=1S/C11H23N3O/c1-3-4-10(12-2)7-13-8-11-9-15-6-5-14-11/h4,11-14H,3,5-9H2,1-2H3/b10-4-. The molecule has 0 aromatic heterocycles. The molecule has 0 radical (unpaired) electrons. The highest BCUT2D eigenvalue weighted by atomic mass is 16.5. The third-order valence-corrected chi connectivity index (χ3v) is 2.48. The second-order valence-electron chi connectivity index (χ2n) is 3.74. The summed E-state index contributed by atoms with van der Waals surface area (Å²) < 4.78 is 5.38. The fourth-order valence-electron chi connectivity index (χ4n) is 1.64. The molecule has 1 rings (SSSR count). The van der Waals surface area contributed by atoms with Crippen LogP contribution in [-0.2, 0) is 4.74 Å². The van der Waals surface area contributed by atoms with Crippen molar-refractivity contribution < 1.29 is 4.74 Å². The molecule has 1 fully saturated rings. The second kappa shape index (κ2) is 7.68. The average molecular weight is 213 g/mol. The van der Waals surface area contributed by atoms with Crippen LogP contribution in [0.5, 0.6) is 0 Å². The van der Waals surface area contributed by atoms with Crippen LogP contribution in [0.4, 0.5) is 0 Å². The van der Waals surface area contributed by atoms with Gasteiger partial charge in [-0.2, -0.15) is 0 Å². The van der Waals surface area contributed by atoms with Gasteiger partial charge >= 0.3 is 0 Å². The van der Waals surface area contributed by atoms with E-state index in [1.807, 2.05) is 7.05 Å². The molecule has 4 nitrogen and oxygen atoms in total. The van der Waals surface area contributed by atoms with Gasteiger partial charge in [0.05, 0.1) is 13.2 Å². The van der Waals surface area contributed by atoms with Crippen molar-refractivity contribution in [2.75, 3.05) is 39.9 Å². The number of likely N-dealkylation sites (N-methyl/N-ethyl adjacent to an activating group) is 1. The molecule has 3 N–H and O–H groups in total. The molecule has 1 unspecified atom stereocenters. The Morgan fingerprint density at radius 3 is 3.07 bits per heavy atom. The quantitative estimate of drug-likeness (QED) is 0.585. The van der Waals surface area contributed by atoms with E-state index in [4.69, 9.17) is 4.74 Å². The SMILES string of the molecule is CC/C=C(/CNCC1COCCN1)NC. The predicted octanol–water partition coefficient (Wildman–Crippen LogP) is 0.0777. The molecule has 1 aliphatic heterocycles. The third kappa shape index (κ3) is 5.16. The molecule has 1 atom stereocenters. The fourth-order valence-corrected chi connectivity index (χ4v) is 1.64. The van der Waals surface area contributed by atoms with Gasteiger partial charge in [-0.05, 0) is 6.42 Å². The van der Waals surface area contributed by atoms with Crippen LogP contribution in [-0.4, -0.2) is 45.9 Å². The molecule has 0 aromatic rings. The van der Waals surface area contributed by atoms with Crippen molar-refractivity contribution in [2.45, 2.75) is 19.4 Å². The zero-order chi connectivity index (χ0) is 10.9. The summed E-state index contributed by atoms with van der Waals surface area (Å²) in [5.41, 5.74) is 1.26. The maximum atomic E-state index is 5.38. The van der Waals surface area contributed by atoms with E-state index in [0.29, 0.717) is 6.04 Å². The lowest BCUT2D eigenvalue weighted by molar-refractivity contribution is 0.0770. The zero-order valence-corrected chi connectivity index (χ0v) is 9.81. The van der Waals surface area contributed by atoms with E-state index in [-0.39, 0.29) is 0 Å². The summed E-state index contributed by atoms with van der Waals surface area (Å²) in [5, 5.41) is 10.0. The first kappa shape index (κ1) is 12.5. The topological polar surface area (TPSA) is 45.3 Å². The van der Waals surface area contributed by atoms with Crippen LogP contribution in [0.25, 0.3) is 0 Å². The summed E-state index contributed by atoms with van der Waals surface area (Å²) in [7, 11) is 1.96. The van der Waals surface area contributed by atoms with E-state index in [9.17, 15) is 0 Å². The van der Waals surface area contributed by atoms with Gasteiger partial charge in [-0.3, -0.25) is 0 Å². The molecule has 0 aromatic carbocycles. The number of hydrogen-bond donors (Lipinski definition) is 3. The molecule has 0 amide bonds. The molecule has 1 aliphatic rings. The minimum atomic E-state index is 0.457. The summed E-state index contributed by atoms with van der Waals surface area (Å²) in [6.07, 6.45) is 3.28. The number of rotatable bonds is 6. The minimum Gasteiger partial charge on any atom is -0.391 e. The first-order valence-electron chi connectivity index (χ1n) is 5.75. The lowest BCUT2D eigenvalue weighted by atomic mass is 10.2. The molecule has 15 heavy (non-hydrogen) atoms. The van der Waals surface area contributed by atoms with Crippen LogP contribution in [0.1, 0.15) is 13.3 Å². The van der Waals surface area contributed by atoms with Crippen molar-refractivity contribution in [3.8, 4) is 0 Å². The highest BCUT2D eigenvalue weighted by molar-refractivity contribution is 5.00. The molecule has 1 heterocycles. The van der Waals surface area contributed by atoms with Crippen LogP contribution in [0.2, 0.25) is 0 Å². The average Bonchev–Trinajstić information content (AvgIpc) is 2.29. The summed E-state index contributed by atoms with van der Waals surface area (Å²) in [4.78, 5) is 0. The molecule has 0 saturated carbocycles. The Morgan fingerprint density at radius 2 is 2.47 bits per heavy atom. The normalized spacial score (nSPS) is 22.8. The second-order valence-corrected chi connectivity index (χ2v) is 3.74. The number of morpholine rings is 1. The van der Waals surface area contributed by atoms with Gasteiger partial charge in [-0.1, -0.05) is 13.0 Å². The van der Waals surface area contributed by atoms with Gasteiger partial charge in [-0.25, -0.2) is 0 Å². The van der Waals surface area contributed by atoms with Crippen molar-refractivity contribution >= 4 is 0 Å². The van der Waals surface area contributed by atoms with Crippen LogP contribution in [0.15, 0.2) is 11.8 Å². The van der Waals surface area contributed by atoms with Gasteiger partial charge in [-0.15, -0.1) is 0 Å². The molecule has 0 bridgehead atoms. The van der Waals surface area contributed by atoms with Crippen molar-refractivity contribution in [1.29, 1.82) is 0 Å². The summed E-state index contributed by atoms with van der Waals surface area (Å²) in [6.45, 7) is 6.64. The van der Waals surface area contributed by atoms with Gasteiger partial charge < -0.3 is 20.7 Å². The largest absolute Gasteiger partial charge is 0.391 e. The Balaban J connectivity index is 2.11. The highest BCUT2D eigenvalue weighted by Crippen LogP contribution is 1.93. The Morgan fingerprint density at radius 1 is 1.60 bits per heavy atom. The van der Waals surface area contributed by atoms with E-state index in [0.717, 1.165) is 39.3 Å². The Bertz CT molecular complexity index is 188. The van der Waals surface area contributed by atoms with Gasteiger partial charge in [0.2, 0.25) is 0 Å². The van der Waals surface area contributed by atoms with Gasteiger partial charge in [0, 0.05) is 38.4 Å². The molecular formula is C11H23N3O. The van der Waals surface area contributed by atoms with E-state index in [1.54, 1.807) is 0 Å². The van der Waals surface area contributed by atoms with Crippen LogP contribution in [0.3, 0.4) is 0 Å². The monoisotopic (exact) mass is 213 g/mol. The van der Waals surface area contributed by atoms with Crippen molar-refractivity contribution in [1.82, 2.24) is 16.0 Å². The number of allylic oxidation sites excluding steroid dienone is 1. The smallest absolute Gasteiger partial charge is 0.0632 e. The van der Waals surface area contributed by atoms with Crippen LogP contribution >= 0.6 is 0 Å². The Hall–Kier alpha value is -0.580. The molecule has 88 valence electrons. The van der Waals surface area contributed by atoms with Crippen molar-refractivity contribution in [2.24, 2.45) is 0 Å². The molecule has 0 spiro atoms. The molecule has 4 heteroatoms. The lowest BCUT2D eigenvalue weighted by Crippen LogP contribution is -2.47. The minimum absolute atomic E-state index is 0.457. The maximum Gasteiger partial charge on any atom is 0.0632 e.